The monoisotopic (exact) mass is 263 g/mol. The van der Waals surface area contributed by atoms with Gasteiger partial charge in [0.15, 0.2) is 0 Å². The fourth-order valence-corrected chi connectivity index (χ4v) is 2.43. The van der Waals surface area contributed by atoms with Gasteiger partial charge in [0.1, 0.15) is 5.82 Å². The average Bonchev–Trinajstić information content (AvgIpc) is 2.39. The predicted molar refractivity (Wildman–Crippen MR) is 78.3 cm³/mol. The Morgan fingerprint density at radius 3 is 2.79 bits per heavy atom. The summed E-state index contributed by atoms with van der Waals surface area (Å²) in [6.45, 7) is 6.94. The van der Waals surface area contributed by atoms with Gasteiger partial charge in [-0.3, -0.25) is 0 Å². The fraction of sp³-hybridized carbons (Fsp3) is 0.714. The molecular formula is C14H25N5. The second kappa shape index (κ2) is 5.84. The maximum absolute atomic E-state index is 5.70. The van der Waals surface area contributed by atoms with Gasteiger partial charge in [0, 0.05) is 24.5 Å². The maximum atomic E-state index is 5.70. The zero-order chi connectivity index (χ0) is 13.9. The van der Waals surface area contributed by atoms with Crippen LogP contribution in [0.3, 0.4) is 0 Å². The molecule has 19 heavy (non-hydrogen) atoms. The van der Waals surface area contributed by atoms with Crippen molar-refractivity contribution < 1.29 is 0 Å². The Kier molecular flexibility index (Phi) is 4.37. The van der Waals surface area contributed by atoms with Crippen LogP contribution >= 0.6 is 0 Å². The first-order chi connectivity index (χ1) is 9.00. The van der Waals surface area contributed by atoms with Crippen LogP contribution in [0.2, 0.25) is 0 Å². The van der Waals surface area contributed by atoms with Gasteiger partial charge in [0.25, 0.3) is 0 Å². The van der Waals surface area contributed by atoms with Crippen LogP contribution in [0.25, 0.3) is 0 Å². The zero-order valence-corrected chi connectivity index (χ0v) is 12.2. The van der Waals surface area contributed by atoms with E-state index in [1.54, 1.807) is 0 Å². The molecular weight excluding hydrogens is 238 g/mol. The smallest absolute Gasteiger partial charge is 0.149 e. The molecule has 0 bridgehead atoms. The van der Waals surface area contributed by atoms with Crippen molar-refractivity contribution in [2.75, 3.05) is 32.0 Å². The molecule has 106 valence electrons. The highest BCUT2D eigenvalue weighted by Gasteiger charge is 2.21. The highest BCUT2D eigenvalue weighted by Crippen LogP contribution is 2.24. The van der Waals surface area contributed by atoms with Gasteiger partial charge in [0.05, 0.1) is 5.69 Å². The quantitative estimate of drug-likeness (QED) is 0.860. The van der Waals surface area contributed by atoms with E-state index in [-0.39, 0.29) is 5.54 Å². The van der Waals surface area contributed by atoms with Crippen molar-refractivity contribution in [2.24, 2.45) is 5.73 Å². The van der Waals surface area contributed by atoms with Crippen LogP contribution < -0.4 is 11.1 Å². The molecule has 0 radical (unpaired) electrons. The van der Waals surface area contributed by atoms with Crippen LogP contribution in [-0.4, -0.2) is 47.3 Å². The Morgan fingerprint density at radius 1 is 1.42 bits per heavy atom. The van der Waals surface area contributed by atoms with E-state index < -0.39 is 0 Å². The molecule has 3 N–H and O–H groups in total. The Bertz CT molecular complexity index is 401. The molecule has 2 rings (SSSR count). The summed E-state index contributed by atoms with van der Waals surface area (Å²) >= 11 is 0. The number of hydrogen-bond acceptors (Lipinski definition) is 5. The van der Waals surface area contributed by atoms with E-state index in [4.69, 9.17) is 5.73 Å². The zero-order valence-electron chi connectivity index (χ0n) is 12.2. The molecule has 0 saturated carbocycles. The number of rotatable bonds is 4. The van der Waals surface area contributed by atoms with Crippen molar-refractivity contribution in [1.82, 2.24) is 15.1 Å². The predicted octanol–water partition coefficient (Wildman–Crippen LogP) is 1.43. The molecule has 1 atom stereocenters. The molecule has 1 saturated heterocycles. The molecule has 5 nitrogen and oxygen atoms in total. The molecule has 1 aliphatic rings. The summed E-state index contributed by atoms with van der Waals surface area (Å²) in [5, 5.41) is 11.9. The molecule has 5 heteroatoms. The summed E-state index contributed by atoms with van der Waals surface area (Å²) in [5.74, 6) is 1.31. The van der Waals surface area contributed by atoms with Gasteiger partial charge >= 0.3 is 0 Å². The second-order valence-electron chi connectivity index (χ2n) is 6.16. The number of likely N-dealkylation sites (N-methyl/N-ethyl adjacent to an activating group) is 1. The lowest BCUT2D eigenvalue weighted by molar-refractivity contribution is 0.248. The van der Waals surface area contributed by atoms with Gasteiger partial charge in [-0.05, 0) is 52.4 Å². The van der Waals surface area contributed by atoms with Crippen LogP contribution in [0, 0.1) is 0 Å². The van der Waals surface area contributed by atoms with E-state index in [1.807, 2.05) is 6.07 Å². The van der Waals surface area contributed by atoms with Crippen molar-refractivity contribution in [1.29, 1.82) is 0 Å². The summed E-state index contributed by atoms with van der Waals surface area (Å²) in [6, 6.07) is 4.10. The Balaban J connectivity index is 2.02. The van der Waals surface area contributed by atoms with E-state index >= 15 is 0 Å². The second-order valence-corrected chi connectivity index (χ2v) is 6.16. The number of nitrogens with two attached hydrogens (primary N) is 1. The van der Waals surface area contributed by atoms with Gasteiger partial charge in [-0.2, -0.15) is 5.10 Å². The van der Waals surface area contributed by atoms with Crippen molar-refractivity contribution in [3.05, 3.63) is 17.8 Å². The molecule has 2 heterocycles. The summed E-state index contributed by atoms with van der Waals surface area (Å²) in [6.07, 6.45) is 2.45. The third kappa shape index (κ3) is 3.88. The third-order valence-corrected chi connectivity index (χ3v) is 3.70. The highest BCUT2D eigenvalue weighted by atomic mass is 15.2. The summed E-state index contributed by atoms with van der Waals surface area (Å²) in [7, 11) is 2.17. The molecule has 1 aromatic heterocycles. The van der Waals surface area contributed by atoms with Crippen LogP contribution in [0.1, 0.15) is 38.3 Å². The van der Waals surface area contributed by atoms with Crippen LogP contribution in [0.15, 0.2) is 12.1 Å². The Labute approximate surface area is 115 Å². The van der Waals surface area contributed by atoms with E-state index in [1.165, 1.54) is 19.4 Å². The molecule has 0 amide bonds. The number of piperidine rings is 1. The molecule has 1 aliphatic heterocycles. The summed E-state index contributed by atoms with van der Waals surface area (Å²) in [5.41, 5.74) is 6.65. The van der Waals surface area contributed by atoms with Gasteiger partial charge in [-0.25, -0.2) is 0 Å². The van der Waals surface area contributed by atoms with Crippen molar-refractivity contribution >= 4 is 5.82 Å². The first-order valence-electron chi connectivity index (χ1n) is 7.00. The molecule has 1 fully saturated rings. The van der Waals surface area contributed by atoms with Crippen molar-refractivity contribution in [3.63, 3.8) is 0 Å². The lowest BCUT2D eigenvalue weighted by Gasteiger charge is -2.29. The largest absolute Gasteiger partial charge is 0.362 e. The molecule has 1 unspecified atom stereocenters. The summed E-state index contributed by atoms with van der Waals surface area (Å²) < 4.78 is 0. The highest BCUT2D eigenvalue weighted by molar-refractivity contribution is 5.36. The van der Waals surface area contributed by atoms with Crippen LogP contribution in [0.4, 0.5) is 5.82 Å². The van der Waals surface area contributed by atoms with Gasteiger partial charge in [-0.1, -0.05) is 0 Å². The Morgan fingerprint density at radius 2 is 2.21 bits per heavy atom. The number of likely N-dealkylation sites (tertiary alicyclic amines) is 1. The molecule has 0 aliphatic carbocycles. The lowest BCUT2D eigenvalue weighted by Crippen LogP contribution is -2.39. The lowest BCUT2D eigenvalue weighted by atomic mass is 9.95. The van der Waals surface area contributed by atoms with E-state index in [0.29, 0.717) is 12.5 Å². The minimum absolute atomic E-state index is 0.152. The molecule has 0 aromatic carbocycles. The first-order valence-corrected chi connectivity index (χ1v) is 7.00. The van der Waals surface area contributed by atoms with E-state index in [9.17, 15) is 0 Å². The summed E-state index contributed by atoms with van der Waals surface area (Å²) in [4.78, 5) is 2.36. The average molecular weight is 263 g/mol. The normalized spacial score (nSPS) is 21.4. The number of anilines is 1. The maximum Gasteiger partial charge on any atom is 0.149 e. The van der Waals surface area contributed by atoms with Crippen molar-refractivity contribution in [3.8, 4) is 0 Å². The van der Waals surface area contributed by atoms with Crippen molar-refractivity contribution in [2.45, 2.75) is 38.1 Å². The number of hydrogen-bond donors (Lipinski definition) is 2. The van der Waals surface area contributed by atoms with Crippen LogP contribution in [-0.2, 0) is 0 Å². The number of aromatic nitrogens is 2. The number of nitrogens with one attached hydrogen (secondary N) is 1. The fourth-order valence-electron chi connectivity index (χ4n) is 2.43. The Hall–Kier alpha value is -1.20. The van der Waals surface area contributed by atoms with E-state index in [0.717, 1.165) is 18.1 Å². The van der Waals surface area contributed by atoms with Gasteiger partial charge in [-0.15, -0.1) is 5.10 Å². The van der Waals surface area contributed by atoms with Crippen LogP contribution in [0.5, 0.6) is 0 Å². The van der Waals surface area contributed by atoms with Gasteiger partial charge in [0.2, 0.25) is 0 Å². The molecule has 1 aromatic rings. The standard InChI is InChI=1S/C14H25N5/c1-14(2,10-15)16-13-7-6-12(17-18-13)11-5-4-8-19(3)9-11/h6-7,11H,4-5,8-10,15H2,1-3H3,(H,16,18). The molecule has 0 spiro atoms. The number of nitrogens with zero attached hydrogens (tertiary/aromatic N) is 3. The minimum Gasteiger partial charge on any atom is -0.362 e. The van der Waals surface area contributed by atoms with Gasteiger partial charge < -0.3 is 16.0 Å². The SMILES string of the molecule is CN1CCCC(c2ccc(NC(C)(C)CN)nn2)C1. The first kappa shape index (κ1) is 14.2. The topological polar surface area (TPSA) is 67.1 Å². The third-order valence-electron chi connectivity index (χ3n) is 3.70. The minimum atomic E-state index is -0.152. The van der Waals surface area contributed by atoms with E-state index in [2.05, 4.69) is 47.4 Å².